The van der Waals surface area contributed by atoms with Crippen molar-refractivity contribution in [3.8, 4) is 0 Å². The Morgan fingerprint density at radius 2 is 2.12 bits per heavy atom. The Morgan fingerprint density at radius 3 is 2.75 bits per heavy atom. The maximum absolute atomic E-state index is 11.5. The molecule has 0 N–H and O–H groups in total. The highest BCUT2D eigenvalue weighted by molar-refractivity contribution is 5.91. The second-order valence-corrected chi connectivity index (χ2v) is 3.68. The van der Waals surface area contributed by atoms with Crippen molar-refractivity contribution >= 4 is 12.1 Å². The zero-order chi connectivity index (χ0) is 11.4. The second kappa shape index (κ2) is 4.75. The summed E-state index contributed by atoms with van der Waals surface area (Å²) in [7, 11) is 0. The molecule has 2 rings (SSSR count). The normalized spacial score (nSPS) is 20.7. The first-order valence-corrected chi connectivity index (χ1v) is 5.33. The average Bonchev–Trinajstić information content (AvgIpc) is 2.33. The van der Waals surface area contributed by atoms with Crippen molar-refractivity contribution in [2.24, 2.45) is 4.99 Å². The number of aliphatic imine (C=N–C) groups is 1. The van der Waals surface area contributed by atoms with E-state index in [4.69, 9.17) is 0 Å². The van der Waals surface area contributed by atoms with Gasteiger partial charge in [0.15, 0.2) is 0 Å². The van der Waals surface area contributed by atoms with Crippen LogP contribution >= 0.6 is 0 Å². The number of rotatable bonds is 3. The van der Waals surface area contributed by atoms with Gasteiger partial charge in [0.2, 0.25) is 0 Å². The van der Waals surface area contributed by atoms with Crippen molar-refractivity contribution in [3.63, 3.8) is 0 Å². The summed E-state index contributed by atoms with van der Waals surface area (Å²) >= 11 is 0. The van der Waals surface area contributed by atoms with E-state index >= 15 is 0 Å². The number of likely N-dealkylation sites (tertiary alicyclic amines) is 1. The number of allylic oxidation sites excluding steroid dienone is 1. The Morgan fingerprint density at radius 1 is 1.38 bits per heavy atom. The first-order valence-electron chi connectivity index (χ1n) is 5.33. The third-order valence-electron chi connectivity index (χ3n) is 2.47. The maximum Gasteiger partial charge on any atom is 0.253 e. The number of β-lactam (4-membered cyclic amide) rings is 1. The molecule has 1 aliphatic heterocycles. The molecular formula is C13H14N2O. The summed E-state index contributed by atoms with van der Waals surface area (Å²) in [4.78, 5) is 17.5. The van der Waals surface area contributed by atoms with Gasteiger partial charge in [0, 0.05) is 12.4 Å². The van der Waals surface area contributed by atoms with Crippen LogP contribution in [0.4, 0.5) is 0 Å². The molecular weight excluding hydrogens is 200 g/mol. The third-order valence-corrected chi connectivity index (χ3v) is 2.47. The standard InChI is InChI=1S/C13H14N2O/c1-2-8-15-10-12(13(15)16)14-9-11-6-4-3-5-7-11/h2-9,12H,10H2,1H3/b8-2+,14-9?/t12-/m1/s1. The van der Waals surface area contributed by atoms with Gasteiger partial charge in [-0.1, -0.05) is 36.4 Å². The smallest absolute Gasteiger partial charge is 0.253 e. The molecule has 1 heterocycles. The van der Waals surface area contributed by atoms with Crippen molar-refractivity contribution in [1.82, 2.24) is 4.90 Å². The lowest BCUT2D eigenvalue weighted by molar-refractivity contribution is -0.138. The Labute approximate surface area is 95.1 Å². The molecule has 1 aromatic carbocycles. The molecule has 82 valence electrons. The van der Waals surface area contributed by atoms with E-state index in [0.717, 1.165) is 5.56 Å². The van der Waals surface area contributed by atoms with Crippen LogP contribution in [0.25, 0.3) is 0 Å². The topological polar surface area (TPSA) is 32.7 Å². The van der Waals surface area contributed by atoms with Crippen LogP contribution in [-0.2, 0) is 4.79 Å². The predicted molar refractivity (Wildman–Crippen MR) is 64.4 cm³/mol. The number of nitrogens with zero attached hydrogens (tertiary/aromatic N) is 2. The summed E-state index contributed by atoms with van der Waals surface area (Å²) < 4.78 is 0. The molecule has 1 aromatic rings. The fourth-order valence-electron chi connectivity index (χ4n) is 1.57. The number of carbonyl (C=O) groups is 1. The summed E-state index contributed by atoms with van der Waals surface area (Å²) in [6, 6.07) is 9.61. The molecule has 3 nitrogen and oxygen atoms in total. The summed E-state index contributed by atoms with van der Waals surface area (Å²) in [6.07, 6.45) is 5.40. The molecule has 1 aliphatic rings. The molecule has 0 aromatic heterocycles. The van der Waals surface area contributed by atoms with Crippen LogP contribution in [-0.4, -0.2) is 29.6 Å². The number of hydrogen-bond donors (Lipinski definition) is 0. The molecule has 0 bridgehead atoms. The highest BCUT2D eigenvalue weighted by atomic mass is 16.2. The average molecular weight is 214 g/mol. The van der Waals surface area contributed by atoms with E-state index in [1.165, 1.54) is 0 Å². The fraction of sp³-hybridized carbons (Fsp3) is 0.231. The molecule has 0 unspecified atom stereocenters. The van der Waals surface area contributed by atoms with Crippen LogP contribution in [0.15, 0.2) is 47.6 Å². The van der Waals surface area contributed by atoms with Crippen molar-refractivity contribution in [1.29, 1.82) is 0 Å². The molecule has 3 heteroatoms. The van der Waals surface area contributed by atoms with Gasteiger partial charge in [-0.25, -0.2) is 0 Å². The van der Waals surface area contributed by atoms with Crippen molar-refractivity contribution in [2.75, 3.05) is 6.54 Å². The number of hydrogen-bond acceptors (Lipinski definition) is 2. The monoisotopic (exact) mass is 214 g/mol. The molecule has 1 fully saturated rings. The van der Waals surface area contributed by atoms with E-state index in [1.54, 1.807) is 17.3 Å². The number of carbonyl (C=O) groups excluding carboxylic acids is 1. The first kappa shape index (κ1) is 10.6. The van der Waals surface area contributed by atoms with Crippen LogP contribution in [0.5, 0.6) is 0 Å². The molecule has 0 radical (unpaired) electrons. The quantitative estimate of drug-likeness (QED) is 0.558. The van der Waals surface area contributed by atoms with Gasteiger partial charge >= 0.3 is 0 Å². The summed E-state index contributed by atoms with van der Waals surface area (Å²) in [5, 5.41) is 0. The van der Waals surface area contributed by atoms with Crippen molar-refractivity contribution in [2.45, 2.75) is 13.0 Å². The van der Waals surface area contributed by atoms with E-state index in [-0.39, 0.29) is 11.9 Å². The van der Waals surface area contributed by atoms with E-state index in [2.05, 4.69) is 4.99 Å². The highest BCUT2D eigenvalue weighted by Crippen LogP contribution is 2.14. The molecule has 1 atom stereocenters. The van der Waals surface area contributed by atoms with Crippen molar-refractivity contribution < 1.29 is 4.79 Å². The molecule has 1 saturated heterocycles. The summed E-state index contributed by atoms with van der Waals surface area (Å²) in [6.45, 7) is 2.58. The van der Waals surface area contributed by atoms with E-state index in [0.29, 0.717) is 6.54 Å². The van der Waals surface area contributed by atoms with Gasteiger partial charge in [0.05, 0.1) is 6.54 Å². The Balaban J connectivity index is 1.94. The van der Waals surface area contributed by atoms with Gasteiger partial charge in [-0.15, -0.1) is 0 Å². The minimum Gasteiger partial charge on any atom is -0.315 e. The minimum atomic E-state index is -0.198. The van der Waals surface area contributed by atoms with Gasteiger partial charge < -0.3 is 4.90 Å². The highest BCUT2D eigenvalue weighted by Gasteiger charge is 2.34. The molecule has 1 amide bonds. The maximum atomic E-state index is 11.5. The SMILES string of the molecule is C/C=C/N1C[C@@H](N=Cc2ccccc2)C1=O. The van der Waals surface area contributed by atoms with Gasteiger partial charge in [-0.2, -0.15) is 0 Å². The number of amides is 1. The zero-order valence-corrected chi connectivity index (χ0v) is 9.21. The van der Waals surface area contributed by atoms with Crippen LogP contribution in [0.2, 0.25) is 0 Å². The van der Waals surface area contributed by atoms with Gasteiger partial charge in [0.1, 0.15) is 6.04 Å². The van der Waals surface area contributed by atoms with Crippen LogP contribution in [0.3, 0.4) is 0 Å². The molecule has 16 heavy (non-hydrogen) atoms. The van der Waals surface area contributed by atoms with Crippen LogP contribution in [0, 0.1) is 0 Å². The molecule has 0 spiro atoms. The van der Waals surface area contributed by atoms with Gasteiger partial charge in [0.25, 0.3) is 5.91 Å². The van der Waals surface area contributed by atoms with Gasteiger partial charge in [-0.05, 0) is 12.5 Å². The Kier molecular flexibility index (Phi) is 3.15. The van der Waals surface area contributed by atoms with E-state index in [9.17, 15) is 4.79 Å². The van der Waals surface area contributed by atoms with Crippen molar-refractivity contribution in [3.05, 3.63) is 48.2 Å². The number of benzene rings is 1. The lowest BCUT2D eigenvalue weighted by atomic mass is 10.1. The third kappa shape index (κ3) is 2.19. The minimum absolute atomic E-state index is 0.0743. The largest absolute Gasteiger partial charge is 0.315 e. The van der Waals surface area contributed by atoms with E-state index in [1.807, 2.05) is 43.3 Å². The summed E-state index contributed by atoms with van der Waals surface area (Å²) in [5.41, 5.74) is 1.03. The molecule has 0 saturated carbocycles. The fourth-order valence-corrected chi connectivity index (χ4v) is 1.57. The lowest BCUT2D eigenvalue weighted by Gasteiger charge is -2.33. The van der Waals surface area contributed by atoms with Crippen LogP contribution < -0.4 is 0 Å². The second-order valence-electron chi connectivity index (χ2n) is 3.68. The first-order chi connectivity index (χ1) is 7.81. The Bertz CT molecular complexity index is 423. The molecule has 0 aliphatic carbocycles. The van der Waals surface area contributed by atoms with Crippen LogP contribution in [0.1, 0.15) is 12.5 Å². The Hall–Kier alpha value is -1.90. The predicted octanol–water partition coefficient (Wildman–Crippen LogP) is 1.85. The lowest BCUT2D eigenvalue weighted by Crippen LogP contribution is -2.52. The summed E-state index contributed by atoms with van der Waals surface area (Å²) in [5.74, 6) is 0.0743. The zero-order valence-electron chi connectivity index (χ0n) is 9.21. The van der Waals surface area contributed by atoms with Gasteiger partial charge in [-0.3, -0.25) is 9.79 Å². The van der Waals surface area contributed by atoms with E-state index < -0.39 is 0 Å².